The molecule has 2 aromatic carbocycles. The van der Waals surface area contributed by atoms with Crippen molar-refractivity contribution in [2.75, 3.05) is 13.7 Å². The molecule has 0 fully saturated rings. The van der Waals surface area contributed by atoms with Crippen LogP contribution in [0.25, 0.3) is 6.08 Å². The Labute approximate surface area is 177 Å². The summed E-state index contributed by atoms with van der Waals surface area (Å²) in [6.07, 6.45) is 3.42. The molecule has 0 unspecified atom stereocenters. The number of hydrogen-bond acceptors (Lipinski definition) is 6. The molecule has 144 valence electrons. The Balaban J connectivity index is 1.71. The van der Waals surface area contributed by atoms with E-state index in [9.17, 15) is 4.79 Å². The fourth-order valence-corrected chi connectivity index (χ4v) is 4.30. The van der Waals surface area contributed by atoms with Gasteiger partial charge in [-0.25, -0.2) is 4.99 Å². The van der Waals surface area contributed by atoms with E-state index in [1.807, 2.05) is 36.4 Å². The average Bonchev–Trinajstić information content (AvgIpc) is 3.05. The van der Waals surface area contributed by atoms with Gasteiger partial charge in [-0.3, -0.25) is 4.79 Å². The second-order valence-corrected chi connectivity index (χ2v) is 8.34. The predicted molar refractivity (Wildman–Crippen MR) is 119 cm³/mol. The minimum absolute atomic E-state index is 0.0652. The number of benzene rings is 2. The first-order chi connectivity index (χ1) is 13.6. The molecular formula is C21H18ClNO3S2. The number of thioether (sulfide) groups is 2. The Morgan fingerprint density at radius 1 is 1.21 bits per heavy atom. The number of hydrogen-bond donors (Lipinski definition) is 0. The van der Waals surface area contributed by atoms with Crippen LogP contribution in [0.5, 0.6) is 11.5 Å². The minimum atomic E-state index is -0.0652. The van der Waals surface area contributed by atoms with Crippen molar-refractivity contribution >= 4 is 50.7 Å². The molecule has 0 bridgehead atoms. The lowest BCUT2D eigenvalue weighted by molar-refractivity contribution is -0.107. The van der Waals surface area contributed by atoms with Crippen molar-refractivity contribution in [2.45, 2.75) is 5.75 Å². The van der Waals surface area contributed by atoms with E-state index in [2.05, 4.69) is 11.6 Å². The molecule has 0 saturated heterocycles. The van der Waals surface area contributed by atoms with E-state index in [1.54, 1.807) is 25.3 Å². The standard InChI is InChI=1S/C21H18ClNO3S2/c1-3-10-26-18-9-6-15(12-19(18)25-2)11-17-20(24)28-21(23-17)27-13-14-4-7-16(22)8-5-14/h3-9,11-12H,1,10,13H2,2H3/b17-11-. The summed E-state index contributed by atoms with van der Waals surface area (Å²) in [6, 6.07) is 13.1. The summed E-state index contributed by atoms with van der Waals surface area (Å²) in [5, 5.41) is 0.641. The van der Waals surface area contributed by atoms with Crippen LogP contribution in [0.4, 0.5) is 0 Å². The molecule has 3 rings (SSSR count). The molecule has 28 heavy (non-hydrogen) atoms. The SMILES string of the molecule is C=CCOc1ccc(/C=C2\N=C(SCc3ccc(Cl)cc3)SC2=O)cc1OC. The Bertz CT molecular complexity index is 939. The lowest BCUT2D eigenvalue weighted by atomic mass is 10.1. The van der Waals surface area contributed by atoms with Crippen molar-refractivity contribution in [3.05, 3.63) is 77.0 Å². The molecule has 7 heteroatoms. The van der Waals surface area contributed by atoms with Crippen LogP contribution in [0.1, 0.15) is 11.1 Å². The fraction of sp³-hybridized carbons (Fsp3) is 0.143. The van der Waals surface area contributed by atoms with Crippen LogP contribution < -0.4 is 9.47 Å². The second kappa shape index (κ2) is 9.87. The molecular weight excluding hydrogens is 414 g/mol. The number of rotatable bonds is 7. The molecule has 0 amide bonds. The number of methoxy groups -OCH3 is 1. The molecule has 1 aliphatic rings. The summed E-state index contributed by atoms with van der Waals surface area (Å²) in [6.45, 7) is 4.03. The number of ether oxygens (including phenoxy) is 2. The van der Waals surface area contributed by atoms with Crippen LogP contribution >= 0.6 is 35.1 Å². The van der Waals surface area contributed by atoms with Gasteiger partial charge in [0.2, 0.25) is 5.12 Å². The number of nitrogens with zero attached hydrogens (tertiary/aromatic N) is 1. The smallest absolute Gasteiger partial charge is 0.244 e. The third-order valence-electron chi connectivity index (χ3n) is 3.72. The third kappa shape index (κ3) is 5.44. The van der Waals surface area contributed by atoms with Crippen molar-refractivity contribution in [3.63, 3.8) is 0 Å². The first-order valence-corrected chi connectivity index (χ1v) is 10.6. The van der Waals surface area contributed by atoms with Gasteiger partial charge in [0.25, 0.3) is 0 Å². The zero-order valence-corrected chi connectivity index (χ0v) is 17.6. The first-order valence-electron chi connectivity index (χ1n) is 8.40. The quantitative estimate of drug-likeness (QED) is 0.408. The highest BCUT2D eigenvalue weighted by molar-refractivity contribution is 8.45. The fourth-order valence-electron chi connectivity index (χ4n) is 2.38. The molecule has 0 saturated carbocycles. The number of aliphatic imine (C=N–C) groups is 1. The number of carbonyl (C=O) groups is 1. The highest BCUT2D eigenvalue weighted by Gasteiger charge is 2.22. The normalized spacial score (nSPS) is 14.9. The maximum Gasteiger partial charge on any atom is 0.244 e. The van der Waals surface area contributed by atoms with E-state index >= 15 is 0 Å². The minimum Gasteiger partial charge on any atom is -0.493 e. The van der Waals surface area contributed by atoms with Gasteiger partial charge in [-0.1, -0.05) is 54.2 Å². The molecule has 0 N–H and O–H groups in total. The van der Waals surface area contributed by atoms with Crippen LogP contribution in [-0.2, 0) is 10.5 Å². The van der Waals surface area contributed by atoms with Crippen molar-refractivity contribution in [1.82, 2.24) is 0 Å². The Morgan fingerprint density at radius 2 is 2.00 bits per heavy atom. The van der Waals surface area contributed by atoms with E-state index in [4.69, 9.17) is 21.1 Å². The van der Waals surface area contributed by atoms with Crippen LogP contribution in [-0.4, -0.2) is 23.2 Å². The van der Waals surface area contributed by atoms with Crippen LogP contribution in [0, 0.1) is 0 Å². The van der Waals surface area contributed by atoms with E-state index in [0.29, 0.717) is 28.8 Å². The van der Waals surface area contributed by atoms with Gasteiger partial charge < -0.3 is 9.47 Å². The lowest BCUT2D eigenvalue weighted by Crippen LogP contribution is -1.96. The zero-order chi connectivity index (χ0) is 19.9. The number of carbonyl (C=O) groups excluding carboxylic acids is 1. The van der Waals surface area contributed by atoms with Crippen LogP contribution in [0.15, 0.2) is 65.8 Å². The monoisotopic (exact) mass is 431 g/mol. The van der Waals surface area contributed by atoms with Gasteiger partial charge in [-0.2, -0.15) is 0 Å². The lowest BCUT2D eigenvalue weighted by Gasteiger charge is -2.09. The van der Waals surface area contributed by atoms with Gasteiger partial charge in [0, 0.05) is 10.8 Å². The molecule has 0 radical (unpaired) electrons. The molecule has 4 nitrogen and oxygen atoms in total. The molecule has 1 heterocycles. The van der Waals surface area contributed by atoms with E-state index < -0.39 is 0 Å². The summed E-state index contributed by atoms with van der Waals surface area (Å²) < 4.78 is 11.7. The number of halogens is 1. The second-order valence-electron chi connectivity index (χ2n) is 5.72. The molecule has 0 spiro atoms. The molecule has 0 aliphatic carbocycles. The molecule has 0 atom stereocenters. The maximum absolute atomic E-state index is 12.3. The van der Waals surface area contributed by atoms with Gasteiger partial charge in [-0.15, -0.1) is 0 Å². The Kier molecular flexibility index (Phi) is 7.25. The average molecular weight is 432 g/mol. The van der Waals surface area contributed by atoms with Crippen molar-refractivity contribution in [3.8, 4) is 11.5 Å². The highest BCUT2D eigenvalue weighted by atomic mass is 35.5. The van der Waals surface area contributed by atoms with E-state index in [0.717, 1.165) is 33.0 Å². The highest BCUT2D eigenvalue weighted by Crippen LogP contribution is 2.34. The van der Waals surface area contributed by atoms with Gasteiger partial charge in [0.1, 0.15) is 16.7 Å². The van der Waals surface area contributed by atoms with Gasteiger partial charge in [-0.05, 0) is 53.2 Å². The van der Waals surface area contributed by atoms with Crippen LogP contribution in [0.3, 0.4) is 0 Å². The Morgan fingerprint density at radius 3 is 2.71 bits per heavy atom. The topological polar surface area (TPSA) is 47.9 Å². The molecule has 2 aromatic rings. The largest absolute Gasteiger partial charge is 0.493 e. The van der Waals surface area contributed by atoms with Crippen molar-refractivity contribution in [1.29, 1.82) is 0 Å². The third-order valence-corrected chi connectivity index (χ3v) is 6.06. The summed E-state index contributed by atoms with van der Waals surface area (Å²) in [7, 11) is 1.58. The van der Waals surface area contributed by atoms with Crippen molar-refractivity contribution < 1.29 is 14.3 Å². The maximum atomic E-state index is 12.3. The van der Waals surface area contributed by atoms with Gasteiger partial charge in [0.05, 0.1) is 7.11 Å². The predicted octanol–water partition coefficient (Wildman–Crippen LogP) is 5.82. The van der Waals surface area contributed by atoms with Gasteiger partial charge >= 0.3 is 0 Å². The zero-order valence-electron chi connectivity index (χ0n) is 15.2. The first kappa shape index (κ1) is 20.6. The summed E-state index contributed by atoms with van der Waals surface area (Å²) in [5.74, 6) is 1.95. The van der Waals surface area contributed by atoms with Crippen molar-refractivity contribution in [2.24, 2.45) is 4.99 Å². The Hall–Kier alpha value is -2.15. The van der Waals surface area contributed by atoms with Crippen LogP contribution in [0.2, 0.25) is 5.02 Å². The summed E-state index contributed by atoms with van der Waals surface area (Å²) in [5.41, 5.74) is 2.37. The van der Waals surface area contributed by atoms with Gasteiger partial charge in [0.15, 0.2) is 11.5 Å². The summed E-state index contributed by atoms with van der Waals surface area (Å²) >= 11 is 8.59. The molecule has 0 aromatic heterocycles. The summed E-state index contributed by atoms with van der Waals surface area (Å²) in [4.78, 5) is 16.8. The van der Waals surface area contributed by atoms with E-state index in [-0.39, 0.29) is 5.12 Å². The van der Waals surface area contributed by atoms with E-state index in [1.165, 1.54) is 11.8 Å². The molecule has 1 aliphatic heterocycles.